The molecule has 0 aromatic heterocycles. The number of ether oxygens (including phenoxy) is 1. The summed E-state index contributed by atoms with van der Waals surface area (Å²) in [5, 5.41) is 18.6. The van der Waals surface area contributed by atoms with Crippen LogP contribution >= 0.6 is 0 Å². The maximum atomic E-state index is 10.8. The summed E-state index contributed by atoms with van der Waals surface area (Å²) in [5.41, 5.74) is 1.15. The van der Waals surface area contributed by atoms with Crippen molar-refractivity contribution in [3.63, 3.8) is 0 Å². The SMILES string of the molecule is CC(C(=O)O)C1=Cc2ccccc2OC1O. The molecule has 1 aliphatic rings. The van der Waals surface area contributed by atoms with E-state index in [0.29, 0.717) is 11.3 Å². The Kier molecular flexibility index (Phi) is 2.66. The molecule has 1 aromatic rings. The molecule has 0 amide bonds. The lowest BCUT2D eigenvalue weighted by Crippen LogP contribution is -2.28. The van der Waals surface area contributed by atoms with Crippen LogP contribution in [0.5, 0.6) is 5.75 Å². The number of carboxylic acids is 1. The summed E-state index contributed by atoms with van der Waals surface area (Å²) in [7, 11) is 0. The van der Waals surface area contributed by atoms with Crippen LogP contribution in [0.1, 0.15) is 12.5 Å². The number of para-hydroxylation sites is 1. The number of aliphatic hydroxyl groups excluding tert-OH is 1. The summed E-state index contributed by atoms with van der Waals surface area (Å²) in [6.07, 6.45) is 0.489. The summed E-state index contributed by atoms with van der Waals surface area (Å²) < 4.78 is 5.24. The maximum Gasteiger partial charge on any atom is 0.310 e. The number of hydrogen-bond donors (Lipinski definition) is 2. The normalized spacial score (nSPS) is 20.4. The molecule has 2 atom stereocenters. The molecule has 1 heterocycles. The van der Waals surface area contributed by atoms with E-state index in [1.165, 1.54) is 6.92 Å². The minimum absolute atomic E-state index is 0.367. The van der Waals surface area contributed by atoms with Crippen LogP contribution in [-0.2, 0) is 4.79 Å². The molecule has 4 heteroatoms. The number of fused-ring (bicyclic) bond motifs is 1. The highest BCUT2D eigenvalue weighted by atomic mass is 16.6. The Balaban J connectivity index is 2.41. The molecular weight excluding hydrogens is 208 g/mol. The number of rotatable bonds is 2. The summed E-state index contributed by atoms with van der Waals surface area (Å²) in [6.45, 7) is 1.52. The van der Waals surface area contributed by atoms with Crippen molar-refractivity contribution in [3.05, 3.63) is 35.4 Å². The van der Waals surface area contributed by atoms with Gasteiger partial charge in [-0.25, -0.2) is 0 Å². The van der Waals surface area contributed by atoms with Crippen molar-refractivity contribution in [2.24, 2.45) is 5.92 Å². The van der Waals surface area contributed by atoms with E-state index in [-0.39, 0.29) is 0 Å². The van der Waals surface area contributed by atoms with Crippen molar-refractivity contribution < 1.29 is 19.7 Å². The second-order valence-corrected chi connectivity index (χ2v) is 3.71. The average Bonchev–Trinajstić information content (AvgIpc) is 2.27. The minimum Gasteiger partial charge on any atom is -0.481 e. The fraction of sp³-hybridized carbons (Fsp3) is 0.250. The van der Waals surface area contributed by atoms with Crippen molar-refractivity contribution in [1.29, 1.82) is 0 Å². The first-order chi connectivity index (χ1) is 7.59. The lowest BCUT2D eigenvalue weighted by atomic mass is 9.96. The zero-order valence-corrected chi connectivity index (χ0v) is 8.75. The van der Waals surface area contributed by atoms with Crippen LogP contribution in [0.3, 0.4) is 0 Å². The van der Waals surface area contributed by atoms with E-state index < -0.39 is 18.2 Å². The van der Waals surface area contributed by atoms with E-state index in [4.69, 9.17) is 9.84 Å². The Bertz CT molecular complexity index is 450. The molecule has 2 rings (SSSR count). The lowest BCUT2D eigenvalue weighted by Gasteiger charge is -2.25. The van der Waals surface area contributed by atoms with Gasteiger partial charge >= 0.3 is 5.97 Å². The molecule has 2 unspecified atom stereocenters. The van der Waals surface area contributed by atoms with E-state index in [1.54, 1.807) is 18.2 Å². The third kappa shape index (κ3) is 1.79. The van der Waals surface area contributed by atoms with Crippen LogP contribution in [0.4, 0.5) is 0 Å². The van der Waals surface area contributed by atoms with Crippen molar-refractivity contribution >= 4 is 12.0 Å². The number of benzene rings is 1. The molecule has 0 fully saturated rings. The van der Waals surface area contributed by atoms with Gasteiger partial charge in [0.1, 0.15) is 5.75 Å². The molecule has 0 radical (unpaired) electrons. The van der Waals surface area contributed by atoms with Gasteiger partial charge in [-0.3, -0.25) is 4.79 Å². The van der Waals surface area contributed by atoms with Gasteiger partial charge in [-0.05, 0) is 19.1 Å². The molecule has 0 bridgehead atoms. The van der Waals surface area contributed by atoms with E-state index >= 15 is 0 Å². The van der Waals surface area contributed by atoms with Gasteiger partial charge in [0.25, 0.3) is 0 Å². The molecule has 1 aromatic carbocycles. The zero-order valence-electron chi connectivity index (χ0n) is 8.75. The van der Waals surface area contributed by atoms with Crippen LogP contribution in [0, 0.1) is 5.92 Å². The summed E-state index contributed by atoms with van der Waals surface area (Å²) in [5.74, 6) is -1.17. The van der Waals surface area contributed by atoms with Gasteiger partial charge in [0.05, 0.1) is 5.92 Å². The van der Waals surface area contributed by atoms with Gasteiger partial charge in [0, 0.05) is 11.1 Å². The van der Waals surface area contributed by atoms with Crippen molar-refractivity contribution in [2.45, 2.75) is 13.2 Å². The number of carbonyl (C=O) groups is 1. The third-order valence-electron chi connectivity index (χ3n) is 2.64. The van der Waals surface area contributed by atoms with Crippen LogP contribution < -0.4 is 4.74 Å². The van der Waals surface area contributed by atoms with Crippen LogP contribution in [0.2, 0.25) is 0 Å². The molecule has 0 spiro atoms. The van der Waals surface area contributed by atoms with Gasteiger partial charge in [-0.15, -0.1) is 0 Å². The second kappa shape index (κ2) is 3.98. The number of hydrogen-bond acceptors (Lipinski definition) is 3. The van der Waals surface area contributed by atoms with Gasteiger partial charge < -0.3 is 14.9 Å². The van der Waals surface area contributed by atoms with Gasteiger partial charge in [0.15, 0.2) is 0 Å². The predicted octanol–water partition coefficient (Wildman–Crippen LogP) is 1.50. The smallest absolute Gasteiger partial charge is 0.310 e. The molecule has 1 aliphatic heterocycles. The Morgan fingerprint density at radius 1 is 1.44 bits per heavy atom. The van der Waals surface area contributed by atoms with E-state index in [0.717, 1.165) is 5.56 Å². The first kappa shape index (κ1) is 10.7. The van der Waals surface area contributed by atoms with E-state index in [2.05, 4.69) is 0 Å². The third-order valence-corrected chi connectivity index (χ3v) is 2.64. The number of aliphatic carboxylic acids is 1. The molecular formula is C12H12O4. The van der Waals surface area contributed by atoms with Gasteiger partial charge in [0.2, 0.25) is 6.29 Å². The Hall–Kier alpha value is -1.81. The minimum atomic E-state index is -1.18. The molecule has 16 heavy (non-hydrogen) atoms. The largest absolute Gasteiger partial charge is 0.481 e. The maximum absolute atomic E-state index is 10.8. The Labute approximate surface area is 92.8 Å². The first-order valence-corrected chi connectivity index (χ1v) is 4.97. The highest BCUT2D eigenvalue weighted by molar-refractivity contribution is 5.77. The van der Waals surface area contributed by atoms with Crippen molar-refractivity contribution in [3.8, 4) is 5.75 Å². The Morgan fingerprint density at radius 2 is 2.12 bits per heavy atom. The molecule has 2 N–H and O–H groups in total. The highest BCUT2D eigenvalue weighted by Gasteiger charge is 2.28. The molecule has 84 valence electrons. The topological polar surface area (TPSA) is 66.8 Å². The molecule has 0 saturated heterocycles. The van der Waals surface area contributed by atoms with E-state index in [9.17, 15) is 9.90 Å². The summed E-state index contributed by atoms with van der Waals surface area (Å²) in [4.78, 5) is 10.8. The van der Waals surface area contributed by atoms with Crippen molar-refractivity contribution in [1.82, 2.24) is 0 Å². The van der Waals surface area contributed by atoms with E-state index in [1.807, 2.05) is 12.1 Å². The fourth-order valence-corrected chi connectivity index (χ4v) is 1.63. The highest BCUT2D eigenvalue weighted by Crippen LogP contribution is 2.31. The second-order valence-electron chi connectivity index (χ2n) is 3.71. The molecule has 0 aliphatic carbocycles. The fourth-order valence-electron chi connectivity index (χ4n) is 1.63. The van der Waals surface area contributed by atoms with Crippen LogP contribution in [0.15, 0.2) is 29.8 Å². The quantitative estimate of drug-likeness (QED) is 0.792. The standard InChI is InChI=1S/C12H12O4/c1-7(11(13)14)9-6-8-4-2-3-5-10(8)16-12(9)15/h2-7,12,15H,1H3,(H,13,14). The Morgan fingerprint density at radius 3 is 2.81 bits per heavy atom. The number of carboxylic acid groups (broad SMARTS) is 1. The van der Waals surface area contributed by atoms with Gasteiger partial charge in [-0.1, -0.05) is 18.2 Å². The molecule has 4 nitrogen and oxygen atoms in total. The van der Waals surface area contributed by atoms with Crippen molar-refractivity contribution in [2.75, 3.05) is 0 Å². The first-order valence-electron chi connectivity index (χ1n) is 4.97. The zero-order chi connectivity index (χ0) is 11.7. The monoisotopic (exact) mass is 220 g/mol. The van der Waals surface area contributed by atoms with Crippen LogP contribution in [-0.4, -0.2) is 22.5 Å². The van der Waals surface area contributed by atoms with Gasteiger partial charge in [-0.2, -0.15) is 0 Å². The average molecular weight is 220 g/mol. The lowest BCUT2D eigenvalue weighted by molar-refractivity contribution is -0.141. The number of aliphatic hydroxyl groups is 1. The van der Waals surface area contributed by atoms with Crippen LogP contribution in [0.25, 0.3) is 6.08 Å². The summed E-state index contributed by atoms with van der Waals surface area (Å²) in [6, 6.07) is 7.18. The predicted molar refractivity (Wildman–Crippen MR) is 57.9 cm³/mol. The molecule has 0 saturated carbocycles. The summed E-state index contributed by atoms with van der Waals surface area (Å²) >= 11 is 0.